The van der Waals surface area contributed by atoms with Crippen molar-refractivity contribution >= 4 is 93.2 Å². The molecule has 14 aromatic rings. The van der Waals surface area contributed by atoms with Crippen LogP contribution in [0, 0.1) is 17.9 Å². The highest BCUT2D eigenvalue weighted by Gasteiger charge is 2.30. The predicted molar refractivity (Wildman–Crippen MR) is 277 cm³/mol. The number of nitriles is 1. The number of benzene rings is 10. The Morgan fingerprint density at radius 3 is 1.59 bits per heavy atom. The minimum atomic E-state index is 0.362. The fourth-order valence-electron chi connectivity index (χ4n) is 11.0. The van der Waals surface area contributed by atoms with E-state index in [9.17, 15) is 5.26 Å². The van der Waals surface area contributed by atoms with E-state index in [4.69, 9.17) is 15.4 Å². The van der Waals surface area contributed by atoms with Crippen molar-refractivity contribution in [2.45, 2.75) is 0 Å². The summed E-state index contributed by atoms with van der Waals surface area (Å²) in [6, 6.07) is 73.3. The maximum absolute atomic E-state index is 11.5. The highest BCUT2D eigenvalue weighted by Crippen LogP contribution is 2.51. The third-order valence-electron chi connectivity index (χ3n) is 13.8. The number of aromatic nitrogens is 2. The molecule has 10 aromatic carbocycles. The highest BCUT2D eigenvalue weighted by atomic mass is 16.3. The van der Waals surface area contributed by atoms with Gasteiger partial charge in [0, 0.05) is 48.7 Å². The van der Waals surface area contributed by atoms with E-state index >= 15 is 0 Å². The molecule has 0 saturated heterocycles. The van der Waals surface area contributed by atoms with Crippen molar-refractivity contribution in [2.24, 2.45) is 0 Å². The Bertz CT molecular complexity index is 4500. The van der Waals surface area contributed by atoms with Crippen LogP contribution < -0.4 is 0 Å². The van der Waals surface area contributed by atoms with E-state index in [0.29, 0.717) is 22.6 Å². The van der Waals surface area contributed by atoms with Crippen LogP contribution in [0.4, 0.5) is 5.69 Å². The molecule has 68 heavy (non-hydrogen) atoms. The number of hydrogen-bond donors (Lipinski definition) is 0. The molecule has 0 atom stereocenters. The largest absolute Gasteiger partial charge is 0.456 e. The van der Waals surface area contributed by atoms with Gasteiger partial charge in [-0.2, -0.15) is 5.26 Å². The first-order valence-corrected chi connectivity index (χ1v) is 22.6. The lowest BCUT2D eigenvalue weighted by Gasteiger charge is -2.23. The minimum Gasteiger partial charge on any atom is -0.456 e. The molecule has 6 heteroatoms. The SMILES string of the molecule is [C-]#[N+]c1cc(C#N)c(-n2c3cccc(-c4ccccc4)c3c3c4c(ccc32)oc2ccccc24)c(-c2ccccc2)c1-n1c2ccc(-c3ccccc3)cc2c2c3c(ccc21)oc1ccccc13. The lowest BCUT2D eigenvalue weighted by Crippen LogP contribution is -2.06. The highest BCUT2D eigenvalue weighted by molar-refractivity contribution is 6.31. The average molecular weight is 867 g/mol. The summed E-state index contributed by atoms with van der Waals surface area (Å²) < 4.78 is 17.6. The molecular weight excluding hydrogens is 833 g/mol. The van der Waals surface area contributed by atoms with Gasteiger partial charge in [0.25, 0.3) is 0 Å². The zero-order chi connectivity index (χ0) is 45.0. The van der Waals surface area contributed by atoms with Crippen molar-refractivity contribution in [2.75, 3.05) is 0 Å². The molecule has 4 heterocycles. The third kappa shape index (κ3) is 5.26. The quantitative estimate of drug-likeness (QED) is 0.162. The molecule has 0 aliphatic heterocycles. The summed E-state index contributed by atoms with van der Waals surface area (Å²) in [6.07, 6.45) is 0. The summed E-state index contributed by atoms with van der Waals surface area (Å²) in [5, 5.41) is 19.6. The van der Waals surface area contributed by atoms with Gasteiger partial charge in [0.2, 0.25) is 5.69 Å². The molecule has 314 valence electrons. The van der Waals surface area contributed by atoms with E-state index in [1.54, 1.807) is 6.07 Å². The van der Waals surface area contributed by atoms with Crippen molar-refractivity contribution in [3.05, 3.63) is 223 Å². The maximum Gasteiger partial charge on any atom is 0.212 e. The second-order valence-electron chi connectivity index (χ2n) is 17.3. The molecule has 0 spiro atoms. The Hall–Kier alpha value is -9.62. The van der Waals surface area contributed by atoms with Crippen LogP contribution in [-0.2, 0) is 0 Å². The number of fused-ring (bicyclic) bond motifs is 14. The molecule has 0 amide bonds. The molecule has 0 unspecified atom stereocenters. The number of nitrogens with zero attached hydrogens (tertiary/aromatic N) is 4. The van der Waals surface area contributed by atoms with Gasteiger partial charge in [-0.05, 0) is 88.5 Å². The van der Waals surface area contributed by atoms with E-state index in [0.717, 1.165) is 121 Å². The van der Waals surface area contributed by atoms with Gasteiger partial charge >= 0.3 is 0 Å². The first-order valence-electron chi connectivity index (χ1n) is 22.6. The van der Waals surface area contributed by atoms with Crippen molar-refractivity contribution in [3.63, 3.8) is 0 Å². The molecule has 6 nitrogen and oxygen atoms in total. The molecule has 0 saturated carbocycles. The zero-order valence-corrected chi connectivity index (χ0v) is 36.2. The summed E-state index contributed by atoms with van der Waals surface area (Å²) in [5.41, 5.74) is 14.9. The monoisotopic (exact) mass is 866 g/mol. The molecule has 0 aliphatic rings. The second-order valence-corrected chi connectivity index (χ2v) is 17.3. The van der Waals surface area contributed by atoms with E-state index in [-0.39, 0.29) is 0 Å². The Morgan fingerprint density at radius 1 is 0.397 bits per heavy atom. The first-order chi connectivity index (χ1) is 33.7. The van der Waals surface area contributed by atoms with Gasteiger partial charge in [-0.25, -0.2) is 4.85 Å². The van der Waals surface area contributed by atoms with Crippen molar-refractivity contribution in [3.8, 4) is 50.8 Å². The first kappa shape index (κ1) is 37.7. The number of furan rings is 2. The second kappa shape index (κ2) is 14.4. The summed E-state index contributed by atoms with van der Waals surface area (Å²) in [5.74, 6) is 0. The van der Waals surface area contributed by atoms with Gasteiger partial charge in [0.15, 0.2) is 0 Å². The smallest absolute Gasteiger partial charge is 0.212 e. The van der Waals surface area contributed by atoms with Gasteiger partial charge in [-0.1, -0.05) is 146 Å². The normalized spacial score (nSPS) is 11.8. The summed E-state index contributed by atoms with van der Waals surface area (Å²) in [4.78, 5) is 4.31. The Morgan fingerprint density at radius 2 is 0.941 bits per heavy atom. The van der Waals surface area contributed by atoms with Gasteiger partial charge < -0.3 is 18.0 Å². The number of rotatable bonds is 5. The number of para-hydroxylation sites is 2. The fraction of sp³-hybridized carbons (Fsp3) is 0. The molecule has 14 rings (SSSR count). The van der Waals surface area contributed by atoms with Crippen LogP contribution in [0.3, 0.4) is 0 Å². The van der Waals surface area contributed by atoms with Crippen LogP contribution in [-0.4, -0.2) is 9.13 Å². The summed E-state index contributed by atoms with van der Waals surface area (Å²) >= 11 is 0. The lowest BCUT2D eigenvalue weighted by atomic mass is 9.95. The van der Waals surface area contributed by atoms with Crippen LogP contribution in [0.5, 0.6) is 0 Å². The van der Waals surface area contributed by atoms with Gasteiger partial charge in [-0.3, -0.25) is 0 Å². The van der Waals surface area contributed by atoms with Crippen molar-refractivity contribution in [1.82, 2.24) is 9.13 Å². The van der Waals surface area contributed by atoms with Gasteiger partial charge in [0.05, 0.1) is 45.6 Å². The zero-order valence-electron chi connectivity index (χ0n) is 36.2. The average Bonchev–Trinajstić information content (AvgIpc) is 4.16. The standard InChI is InChI=1S/C62H34N4O2/c1-64-46-35-41(36-63)61(66-48-25-15-24-42(38-18-7-3-8-19-38)56(48)60-50(66)31-33-54-59(60)44-23-12-14-27-52(44)68-54)55(39-20-9-4-10-21-39)62(46)65-47-29-28-40(37-16-5-2-6-17-37)34-45(47)57-49(65)30-32-53-58(57)43-22-11-13-26-51(43)67-53/h2-35H. The molecule has 0 aliphatic carbocycles. The fourth-order valence-corrected chi connectivity index (χ4v) is 11.0. The van der Waals surface area contributed by atoms with Crippen molar-refractivity contribution < 1.29 is 8.83 Å². The third-order valence-corrected chi connectivity index (χ3v) is 13.8. The van der Waals surface area contributed by atoms with E-state index < -0.39 is 0 Å². The van der Waals surface area contributed by atoms with E-state index in [1.807, 2.05) is 60.7 Å². The van der Waals surface area contributed by atoms with Crippen LogP contribution in [0.1, 0.15) is 5.56 Å². The van der Waals surface area contributed by atoms with Gasteiger partial charge in [0.1, 0.15) is 28.4 Å². The summed E-state index contributed by atoms with van der Waals surface area (Å²) in [6.45, 7) is 8.94. The molecule has 0 fully saturated rings. The van der Waals surface area contributed by atoms with E-state index in [2.05, 4.69) is 160 Å². The predicted octanol–water partition coefficient (Wildman–Crippen LogP) is 17.1. The number of hydrogen-bond acceptors (Lipinski definition) is 3. The molecule has 0 N–H and O–H groups in total. The lowest BCUT2D eigenvalue weighted by molar-refractivity contribution is 0.669. The van der Waals surface area contributed by atoms with Crippen LogP contribution in [0.15, 0.2) is 215 Å². The Balaban J connectivity index is 1.20. The summed E-state index contributed by atoms with van der Waals surface area (Å²) in [7, 11) is 0. The van der Waals surface area contributed by atoms with E-state index in [1.165, 1.54) is 0 Å². The van der Waals surface area contributed by atoms with Crippen LogP contribution in [0.25, 0.3) is 137 Å². The molecule has 0 radical (unpaired) electrons. The topological polar surface area (TPSA) is 64.3 Å². The minimum absolute atomic E-state index is 0.362. The maximum atomic E-state index is 11.5. The Kier molecular flexibility index (Phi) is 8.01. The van der Waals surface area contributed by atoms with Crippen molar-refractivity contribution in [1.29, 1.82) is 5.26 Å². The van der Waals surface area contributed by atoms with Crippen LogP contribution >= 0.6 is 0 Å². The Labute approximate surface area is 388 Å². The van der Waals surface area contributed by atoms with Crippen LogP contribution in [0.2, 0.25) is 0 Å². The molecule has 0 bridgehead atoms. The molecular formula is C62H34N4O2. The molecule has 4 aromatic heterocycles. The van der Waals surface area contributed by atoms with Gasteiger partial charge in [-0.15, -0.1) is 0 Å².